The Hall–Kier alpha value is -2.74. The quantitative estimate of drug-likeness (QED) is 0.687. The number of amides is 1. The summed E-state index contributed by atoms with van der Waals surface area (Å²) in [5, 5.41) is 20.4. The van der Waals surface area contributed by atoms with Gasteiger partial charge in [0.15, 0.2) is 5.82 Å². The summed E-state index contributed by atoms with van der Waals surface area (Å²) in [6.07, 6.45) is 6.70. The molecule has 0 saturated heterocycles. The first-order valence-corrected chi connectivity index (χ1v) is 8.85. The van der Waals surface area contributed by atoms with Gasteiger partial charge >= 0.3 is 0 Å². The third-order valence-corrected chi connectivity index (χ3v) is 5.03. The van der Waals surface area contributed by atoms with Crippen LogP contribution in [0.3, 0.4) is 0 Å². The van der Waals surface area contributed by atoms with Gasteiger partial charge in [-0.25, -0.2) is 4.98 Å². The van der Waals surface area contributed by atoms with E-state index in [1.54, 1.807) is 0 Å². The molecule has 1 amide bonds. The first-order valence-electron chi connectivity index (χ1n) is 8.85. The van der Waals surface area contributed by atoms with Crippen LogP contribution in [0, 0.1) is 0 Å². The number of aliphatic hydroxyl groups is 1. The maximum absolute atomic E-state index is 12.2. The van der Waals surface area contributed by atoms with Gasteiger partial charge in [0.1, 0.15) is 18.1 Å². The number of carbonyl (C=O) groups excluding carboxylic acids is 1. The Morgan fingerprint density at radius 3 is 2.92 bits per heavy atom. The molecule has 4 rings (SSSR count). The van der Waals surface area contributed by atoms with Crippen molar-refractivity contribution in [1.82, 2.24) is 29.5 Å². The highest BCUT2D eigenvalue weighted by Gasteiger charge is 2.34. The number of hydrogen-bond donors (Lipinski definition) is 2. The van der Waals surface area contributed by atoms with E-state index in [9.17, 15) is 9.90 Å². The van der Waals surface area contributed by atoms with Gasteiger partial charge in [0.05, 0.1) is 5.69 Å². The predicted octanol–water partition coefficient (Wildman–Crippen LogP) is 0.950. The van der Waals surface area contributed by atoms with Gasteiger partial charge in [0.2, 0.25) is 5.91 Å². The summed E-state index contributed by atoms with van der Waals surface area (Å²) in [5.74, 6) is 1.79. The van der Waals surface area contributed by atoms with Crippen LogP contribution in [0.25, 0.3) is 5.65 Å². The van der Waals surface area contributed by atoms with Crippen LogP contribution in [0.5, 0.6) is 0 Å². The number of fused-ring (bicyclic) bond motifs is 1. The number of carbonyl (C=O) groups is 1. The lowest BCUT2D eigenvalue weighted by molar-refractivity contribution is -0.122. The maximum atomic E-state index is 12.2. The minimum atomic E-state index is -0.112. The predicted molar refractivity (Wildman–Crippen MR) is 94.3 cm³/mol. The van der Waals surface area contributed by atoms with Crippen molar-refractivity contribution in [2.75, 3.05) is 0 Å². The minimum Gasteiger partial charge on any atom is -0.388 e. The van der Waals surface area contributed by atoms with E-state index < -0.39 is 0 Å². The third-order valence-electron chi connectivity index (χ3n) is 5.03. The number of aryl methyl sites for hydroxylation is 1. The van der Waals surface area contributed by atoms with E-state index in [0.717, 1.165) is 30.0 Å². The molecule has 1 fully saturated rings. The normalized spacial score (nSPS) is 19.5. The Balaban J connectivity index is 1.25. The Morgan fingerprint density at radius 1 is 1.35 bits per heavy atom. The number of nitrogens with zero attached hydrogens (tertiary/aromatic N) is 5. The highest BCUT2D eigenvalue weighted by atomic mass is 16.3. The molecule has 1 aliphatic rings. The van der Waals surface area contributed by atoms with Crippen LogP contribution in [0.4, 0.5) is 0 Å². The molecule has 26 heavy (non-hydrogen) atoms. The van der Waals surface area contributed by atoms with Gasteiger partial charge in [-0.3, -0.25) is 4.79 Å². The Morgan fingerprint density at radius 2 is 2.19 bits per heavy atom. The molecule has 0 bridgehead atoms. The fraction of sp³-hybridized carbons (Fsp3) is 0.444. The monoisotopic (exact) mass is 354 g/mol. The molecule has 8 nitrogen and oxygen atoms in total. The number of imidazole rings is 1. The van der Waals surface area contributed by atoms with Gasteiger partial charge in [-0.15, -0.1) is 10.2 Å². The lowest BCUT2D eigenvalue weighted by Gasteiger charge is -2.35. The van der Waals surface area contributed by atoms with Crippen molar-refractivity contribution in [1.29, 1.82) is 0 Å². The smallest absolute Gasteiger partial charge is 0.220 e. The van der Waals surface area contributed by atoms with Crippen molar-refractivity contribution in [3.63, 3.8) is 0 Å². The van der Waals surface area contributed by atoms with Gasteiger partial charge in [0, 0.05) is 37.8 Å². The molecule has 136 valence electrons. The molecular formula is C18H22N6O2. The maximum Gasteiger partial charge on any atom is 0.220 e. The van der Waals surface area contributed by atoms with Crippen molar-refractivity contribution < 1.29 is 9.90 Å². The van der Waals surface area contributed by atoms with E-state index in [0.29, 0.717) is 18.7 Å². The lowest BCUT2D eigenvalue weighted by Crippen LogP contribution is -2.44. The van der Waals surface area contributed by atoms with Crippen LogP contribution < -0.4 is 5.32 Å². The van der Waals surface area contributed by atoms with E-state index in [1.165, 1.54) is 0 Å². The van der Waals surface area contributed by atoms with E-state index in [-0.39, 0.29) is 24.5 Å². The number of aromatic nitrogens is 5. The van der Waals surface area contributed by atoms with Crippen LogP contribution in [0.1, 0.15) is 42.5 Å². The Bertz CT molecular complexity index is 892. The molecule has 8 heteroatoms. The van der Waals surface area contributed by atoms with Gasteiger partial charge in [-0.2, -0.15) is 0 Å². The SMILES string of the molecule is Cn1c(CO)nnc1C1CC(NC(=O)CCc2cn3ccccc3n2)C1. The Kier molecular flexibility index (Phi) is 4.42. The molecule has 2 N–H and O–H groups in total. The highest BCUT2D eigenvalue weighted by Crippen LogP contribution is 2.35. The summed E-state index contributed by atoms with van der Waals surface area (Å²) < 4.78 is 3.80. The molecule has 0 atom stereocenters. The number of rotatable bonds is 6. The second kappa shape index (κ2) is 6.87. The van der Waals surface area contributed by atoms with Crippen LogP contribution in [-0.4, -0.2) is 41.2 Å². The first kappa shape index (κ1) is 16.7. The summed E-state index contributed by atoms with van der Waals surface area (Å²) >= 11 is 0. The zero-order chi connectivity index (χ0) is 18.1. The second-order valence-corrected chi connectivity index (χ2v) is 6.82. The summed E-state index contributed by atoms with van der Waals surface area (Å²) in [7, 11) is 1.86. The number of pyridine rings is 1. The van der Waals surface area contributed by atoms with Gasteiger partial charge in [-0.05, 0) is 31.4 Å². The van der Waals surface area contributed by atoms with E-state index in [4.69, 9.17) is 0 Å². The van der Waals surface area contributed by atoms with Crippen LogP contribution in [0.2, 0.25) is 0 Å². The van der Waals surface area contributed by atoms with Crippen LogP contribution >= 0.6 is 0 Å². The standard InChI is InChI=1S/C18H22N6O2/c1-23-16(11-25)21-22-18(23)12-8-14(9-12)20-17(26)6-5-13-10-24-7-3-2-4-15(24)19-13/h2-4,7,10,12,14,25H,5-6,8-9,11H2,1H3,(H,20,26). The van der Waals surface area contributed by atoms with E-state index in [1.807, 2.05) is 46.6 Å². The van der Waals surface area contributed by atoms with Crippen molar-refractivity contribution >= 4 is 11.6 Å². The van der Waals surface area contributed by atoms with Crippen molar-refractivity contribution in [3.05, 3.63) is 47.9 Å². The van der Waals surface area contributed by atoms with Crippen LogP contribution in [-0.2, 0) is 24.9 Å². The topological polar surface area (TPSA) is 97.3 Å². The second-order valence-electron chi connectivity index (χ2n) is 6.82. The van der Waals surface area contributed by atoms with E-state index >= 15 is 0 Å². The molecule has 3 aromatic rings. The number of nitrogens with one attached hydrogen (secondary N) is 1. The molecule has 1 saturated carbocycles. The third kappa shape index (κ3) is 3.20. The molecule has 0 aromatic carbocycles. The first-order chi connectivity index (χ1) is 12.6. The molecule has 3 heterocycles. The molecule has 0 radical (unpaired) electrons. The summed E-state index contributed by atoms with van der Waals surface area (Å²) in [4.78, 5) is 16.7. The molecule has 0 aliphatic heterocycles. The average molecular weight is 354 g/mol. The number of hydrogen-bond acceptors (Lipinski definition) is 5. The molecule has 0 unspecified atom stereocenters. The lowest BCUT2D eigenvalue weighted by atomic mass is 9.79. The average Bonchev–Trinajstić information content (AvgIpc) is 3.18. The van der Waals surface area contributed by atoms with Gasteiger partial charge < -0.3 is 19.4 Å². The Labute approximate surface area is 150 Å². The summed E-state index contributed by atoms with van der Waals surface area (Å²) in [6.45, 7) is -0.112. The minimum absolute atomic E-state index is 0.0551. The molecular weight excluding hydrogens is 332 g/mol. The van der Waals surface area contributed by atoms with Crippen molar-refractivity contribution in [2.24, 2.45) is 7.05 Å². The zero-order valence-electron chi connectivity index (χ0n) is 14.7. The van der Waals surface area contributed by atoms with Crippen molar-refractivity contribution in [2.45, 2.75) is 44.2 Å². The molecule has 3 aromatic heterocycles. The van der Waals surface area contributed by atoms with Gasteiger partial charge in [-0.1, -0.05) is 6.07 Å². The fourth-order valence-electron chi connectivity index (χ4n) is 3.46. The van der Waals surface area contributed by atoms with Gasteiger partial charge in [0.25, 0.3) is 0 Å². The van der Waals surface area contributed by atoms with Crippen molar-refractivity contribution in [3.8, 4) is 0 Å². The summed E-state index contributed by atoms with van der Waals surface area (Å²) in [5.41, 5.74) is 1.82. The zero-order valence-corrected chi connectivity index (χ0v) is 14.7. The molecule has 1 aliphatic carbocycles. The highest BCUT2D eigenvalue weighted by molar-refractivity contribution is 5.76. The number of aliphatic hydroxyl groups excluding tert-OH is 1. The fourth-order valence-corrected chi connectivity index (χ4v) is 3.46. The summed E-state index contributed by atoms with van der Waals surface area (Å²) in [6, 6.07) is 6.04. The van der Waals surface area contributed by atoms with E-state index in [2.05, 4.69) is 20.5 Å². The largest absolute Gasteiger partial charge is 0.388 e. The van der Waals surface area contributed by atoms with Crippen LogP contribution in [0.15, 0.2) is 30.6 Å². The molecule has 0 spiro atoms.